The van der Waals surface area contributed by atoms with Gasteiger partial charge in [-0.1, -0.05) is 6.92 Å². The minimum atomic E-state index is -0.701. The monoisotopic (exact) mass is 1130 g/mol. The number of hydrogen-bond acceptors (Lipinski definition) is 20. The first-order valence-electron chi connectivity index (χ1n) is 27.3. The van der Waals surface area contributed by atoms with Crippen molar-refractivity contribution in [2.24, 2.45) is 0 Å². The fraction of sp³-hybridized carbons (Fsp3) is 0.907. The quantitative estimate of drug-likeness (QED) is 0.104. The maximum Gasteiger partial charge on any atom is 0.320 e. The lowest BCUT2D eigenvalue weighted by Gasteiger charge is -2.34. The smallest absolute Gasteiger partial charge is 0.320 e. The van der Waals surface area contributed by atoms with Crippen LogP contribution in [0.1, 0.15) is 111 Å². The maximum atomic E-state index is 12.7. The number of likely N-dealkylation sites (N-methyl/N-ethyl adjacent to an activating group) is 1. The molecule has 2 N–H and O–H groups in total. The fourth-order valence-electron chi connectivity index (χ4n) is 7.65. The lowest BCUT2D eigenvalue weighted by atomic mass is 10.2. The highest BCUT2D eigenvalue weighted by Crippen LogP contribution is 2.14. The second kappa shape index (κ2) is 35.3. The second-order valence-corrected chi connectivity index (χ2v) is 25.3. The number of aliphatic hydroxyl groups excluding tert-OH is 1. The van der Waals surface area contributed by atoms with E-state index in [4.69, 9.17) is 51.6 Å². The Bertz CT molecular complexity index is 1640. The number of ether oxygens (including phenoxy) is 6. The van der Waals surface area contributed by atoms with Gasteiger partial charge in [0.1, 0.15) is 28.0 Å². The van der Waals surface area contributed by atoms with Crippen LogP contribution in [0.5, 0.6) is 0 Å². The Hall–Kier alpha value is -2.47. The van der Waals surface area contributed by atoms with Gasteiger partial charge in [-0.3, -0.25) is 53.4 Å². The molecule has 3 rings (SSSR count). The summed E-state index contributed by atoms with van der Waals surface area (Å²) in [6.45, 7) is 43.8. The number of epoxide rings is 1. The molecular formula is C54H104Cl2N8O12. The summed E-state index contributed by atoms with van der Waals surface area (Å²) in [5.41, 5.74) is -2.78. The molecule has 0 aromatic carbocycles. The summed E-state index contributed by atoms with van der Waals surface area (Å²) < 4.78 is 32.4. The number of carbonyl (C=O) groups is 5. The normalized spacial score (nSPS) is 20.3. The molecule has 0 bridgehead atoms. The molecule has 0 saturated carbocycles. The van der Waals surface area contributed by atoms with Gasteiger partial charge in [0.05, 0.1) is 57.4 Å². The Morgan fingerprint density at radius 3 is 0.908 bits per heavy atom. The van der Waals surface area contributed by atoms with Crippen LogP contribution in [0.3, 0.4) is 0 Å². The van der Waals surface area contributed by atoms with Crippen LogP contribution >= 0.6 is 23.2 Å². The molecule has 0 aromatic rings. The minimum absolute atomic E-state index is 0.0892. The number of esters is 5. The van der Waals surface area contributed by atoms with Gasteiger partial charge in [-0.2, -0.15) is 0 Å². The van der Waals surface area contributed by atoms with E-state index < -0.39 is 34.1 Å². The second-order valence-electron chi connectivity index (χ2n) is 24.7. The Labute approximate surface area is 468 Å². The van der Waals surface area contributed by atoms with Crippen LogP contribution in [-0.4, -0.2) is 278 Å². The molecule has 0 spiro atoms. The molecule has 2 atom stereocenters. The molecule has 3 aliphatic heterocycles. The number of nitrogens with one attached hydrogen (secondary N) is 1. The Morgan fingerprint density at radius 2 is 0.697 bits per heavy atom. The predicted octanol–water partition coefficient (Wildman–Crippen LogP) is 3.66. The van der Waals surface area contributed by atoms with E-state index in [0.717, 1.165) is 52.4 Å². The standard InChI is InChI=1S/C29H55ClN4O7.C22H44N4O4.C3H5ClO/c1-27(2,3)39-24(36)20-32-12-10-31(19-23(35)18-30)11-13-33(21-25(37)40-28(4,5)6)15-17-34(16-14-32)22-26(38)41-29(7,8)9;1-8-24-11-9-23-10-12-25(17-19(27)29-21(2,3)4)15-16-26(14-13-24)18-20(28)30-22(5,6)7;4-1-3-2-5-3/h23,35H,10-22H2,1-9H3;23H,8-18H2,1-7H3;3H,1-2H2. The molecule has 76 heavy (non-hydrogen) atoms. The number of halogens is 2. The molecule has 0 radical (unpaired) electrons. The van der Waals surface area contributed by atoms with Crippen LogP contribution < -0.4 is 5.32 Å². The van der Waals surface area contributed by atoms with Gasteiger partial charge in [0, 0.05) is 117 Å². The van der Waals surface area contributed by atoms with Crippen molar-refractivity contribution >= 4 is 53.0 Å². The average Bonchev–Trinajstić information content (AvgIpc) is 4.09. The number of hydrogen-bond donors (Lipinski definition) is 2. The molecule has 3 aliphatic rings. The molecule has 0 amide bonds. The molecule has 22 heteroatoms. The molecule has 0 aliphatic carbocycles. The van der Waals surface area contributed by atoms with Crippen LogP contribution in [-0.2, 0) is 52.4 Å². The van der Waals surface area contributed by atoms with Crippen LogP contribution in [0.15, 0.2) is 0 Å². The predicted molar refractivity (Wildman–Crippen MR) is 300 cm³/mol. The van der Waals surface area contributed by atoms with Crippen molar-refractivity contribution in [3.63, 3.8) is 0 Å². The van der Waals surface area contributed by atoms with E-state index in [1.54, 1.807) is 0 Å². The number of alkyl halides is 2. The lowest BCUT2D eigenvalue weighted by Crippen LogP contribution is -2.50. The van der Waals surface area contributed by atoms with Gasteiger partial charge in [-0.05, 0) is 110 Å². The van der Waals surface area contributed by atoms with Gasteiger partial charge >= 0.3 is 29.8 Å². The molecule has 3 fully saturated rings. The van der Waals surface area contributed by atoms with Crippen molar-refractivity contribution in [2.75, 3.05) is 169 Å². The highest BCUT2D eigenvalue weighted by atomic mass is 35.5. The number of nitrogens with zero attached hydrogens (tertiary/aromatic N) is 7. The minimum Gasteiger partial charge on any atom is -0.459 e. The molecule has 20 nitrogen and oxygen atoms in total. The van der Waals surface area contributed by atoms with E-state index in [0.29, 0.717) is 84.0 Å². The SMILES string of the molecule is CC(C)(C)OC(=O)CN1CCN(CC(=O)OC(C)(C)C)CCN(CC(O)CCl)CCN(CC(=O)OC(C)(C)C)CC1.CCN1CCNCCN(CC(=O)OC(C)(C)C)CCN(CC(=O)OC(C)(C)C)CC1.ClCC1CO1. The topological polar surface area (TPSA) is 199 Å². The first-order valence-corrected chi connectivity index (χ1v) is 28.4. The van der Waals surface area contributed by atoms with Gasteiger partial charge in [-0.15, -0.1) is 23.2 Å². The van der Waals surface area contributed by atoms with Gasteiger partial charge in [0.2, 0.25) is 0 Å². The molecular weight excluding hydrogens is 1020 g/mol. The third kappa shape index (κ3) is 40.7. The summed E-state index contributed by atoms with van der Waals surface area (Å²) in [6, 6.07) is 0. The van der Waals surface area contributed by atoms with E-state index in [-0.39, 0.29) is 68.5 Å². The van der Waals surface area contributed by atoms with Crippen LogP contribution in [0.25, 0.3) is 0 Å². The highest BCUT2D eigenvalue weighted by Gasteiger charge is 2.28. The van der Waals surface area contributed by atoms with Gasteiger partial charge in [-0.25, -0.2) is 0 Å². The van der Waals surface area contributed by atoms with E-state index >= 15 is 0 Å². The summed E-state index contributed by atoms with van der Waals surface area (Å²) in [6.07, 6.45) is -0.302. The third-order valence-corrected chi connectivity index (χ3v) is 11.8. The zero-order valence-corrected chi connectivity index (χ0v) is 51.4. The Balaban J connectivity index is 0.000000720. The Morgan fingerprint density at radius 1 is 0.461 bits per heavy atom. The van der Waals surface area contributed by atoms with Crippen molar-refractivity contribution < 1.29 is 57.5 Å². The van der Waals surface area contributed by atoms with E-state index in [9.17, 15) is 29.1 Å². The first-order chi connectivity index (χ1) is 35.1. The summed E-state index contributed by atoms with van der Waals surface area (Å²) in [7, 11) is 0. The zero-order chi connectivity index (χ0) is 57.9. The number of aliphatic hydroxyl groups is 1. The molecule has 3 heterocycles. The Kier molecular flexibility index (Phi) is 33.2. The summed E-state index contributed by atoms with van der Waals surface area (Å²) in [5, 5.41) is 13.7. The van der Waals surface area contributed by atoms with E-state index in [1.807, 2.05) is 119 Å². The summed E-state index contributed by atoms with van der Waals surface area (Å²) in [5.74, 6) is -0.621. The van der Waals surface area contributed by atoms with Crippen LogP contribution in [0.2, 0.25) is 0 Å². The number of β-amino-alcohol motifs (C(OH)–C–C–N with tert-alkyl or cyclic N) is 1. The van der Waals surface area contributed by atoms with Crippen LogP contribution in [0, 0.1) is 0 Å². The lowest BCUT2D eigenvalue weighted by molar-refractivity contribution is -0.158. The molecule has 3 saturated heterocycles. The van der Waals surface area contributed by atoms with Crippen molar-refractivity contribution in [1.29, 1.82) is 0 Å². The van der Waals surface area contributed by atoms with Crippen molar-refractivity contribution in [3.05, 3.63) is 0 Å². The largest absolute Gasteiger partial charge is 0.459 e. The summed E-state index contributed by atoms with van der Waals surface area (Å²) >= 11 is 11.2. The van der Waals surface area contributed by atoms with E-state index in [1.165, 1.54) is 0 Å². The van der Waals surface area contributed by atoms with Crippen molar-refractivity contribution in [3.8, 4) is 0 Å². The third-order valence-electron chi connectivity index (χ3n) is 11.1. The van der Waals surface area contributed by atoms with Crippen molar-refractivity contribution in [2.45, 2.75) is 151 Å². The van der Waals surface area contributed by atoms with Gasteiger partial charge < -0.3 is 43.7 Å². The zero-order valence-electron chi connectivity index (χ0n) is 49.9. The van der Waals surface area contributed by atoms with Gasteiger partial charge in [0.25, 0.3) is 0 Å². The molecule has 446 valence electrons. The molecule has 0 aromatic heterocycles. The summed E-state index contributed by atoms with van der Waals surface area (Å²) in [4.78, 5) is 77.6. The maximum absolute atomic E-state index is 12.7. The highest BCUT2D eigenvalue weighted by molar-refractivity contribution is 6.18. The van der Waals surface area contributed by atoms with Crippen LogP contribution in [0.4, 0.5) is 0 Å². The van der Waals surface area contributed by atoms with E-state index in [2.05, 4.69) is 31.8 Å². The van der Waals surface area contributed by atoms with Crippen molar-refractivity contribution in [1.82, 2.24) is 39.6 Å². The van der Waals surface area contributed by atoms with Gasteiger partial charge in [0.15, 0.2) is 0 Å². The molecule has 2 unspecified atom stereocenters. The average molecular weight is 1130 g/mol. The first kappa shape index (κ1) is 71.5. The number of rotatable bonds is 15. The number of carbonyl (C=O) groups excluding carboxylic acids is 5. The fourth-order valence-corrected chi connectivity index (χ4v) is 7.93.